The molecule has 0 unspecified atom stereocenters. The molecule has 0 saturated carbocycles. The second-order valence-electron chi connectivity index (χ2n) is 6.96. The molecular formula is C18H29F3N2O2+2. The fraction of sp³-hybridized carbons (Fsp3) is 0.611. The Balaban J connectivity index is 2.96. The Bertz CT molecular complexity index is 561. The monoisotopic (exact) mass is 362 g/mol. The Morgan fingerprint density at radius 1 is 1.08 bits per heavy atom. The molecule has 0 spiro atoms. The summed E-state index contributed by atoms with van der Waals surface area (Å²) in [6.45, 7) is 1.92. The molecule has 0 atom stereocenters. The van der Waals surface area contributed by atoms with Gasteiger partial charge in [0.25, 0.3) is 0 Å². The summed E-state index contributed by atoms with van der Waals surface area (Å²) in [6.07, 6.45) is -2.92. The highest BCUT2D eigenvalue weighted by molar-refractivity contribution is 5.96. The molecule has 0 aliphatic heterocycles. The van der Waals surface area contributed by atoms with Gasteiger partial charge in [0.1, 0.15) is 6.54 Å². The van der Waals surface area contributed by atoms with Crippen LogP contribution in [0.4, 0.5) is 13.2 Å². The van der Waals surface area contributed by atoms with Crippen LogP contribution >= 0.6 is 0 Å². The van der Waals surface area contributed by atoms with E-state index in [4.69, 9.17) is 9.57 Å². The number of ether oxygens (including phenoxy) is 1. The summed E-state index contributed by atoms with van der Waals surface area (Å²) < 4.78 is 45.7. The highest BCUT2D eigenvalue weighted by Gasteiger charge is 2.30. The average molecular weight is 362 g/mol. The number of alkyl halides is 3. The van der Waals surface area contributed by atoms with Crippen LogP contribution in [0, 0.1) is 0 Å². The number of methoxy groups -OCH3 is 1. The van der Waals surface area contributed by atoms with Gasteiger partial charge >= 0.3 is 6.18 Å². The van der Waals surface area contributed by atoms with E-state index in [-0.39, 0.29) is 0 Å². The van der Waals surface area contributed by atoms with Crippen LogP contribution in [-0.4, -0.2) is 70.0 Å². The molecule has 0 radical (unpaired) electrons. The number of hydrogen-bond donors (Lipinski definition) is 0. The molecule has 1 aromatic rings. The minimum absolute atomic E-state index is 0.522. The summed E-state index contributed by atoms with van der Waals surface area (Å²) in [7, 11) is 9.63. The summed E-state index contributed by atoms with van der Waals surface area (Å²) >= 11 is 0. The van der Waals surface area contributed by atoms with Crippen molar-refractivity contribution < 1.29 is 32.0 Å². The zero-order valence-electron chi connectivity index (χ0n) is 15.7. The third kappa shape index (κ3) is 7.88. The lowest BCUT2D eigenvalue weighted by atomic mass is 10.0. The maximum atomic E-state index is 12.7. The molecule has 0 bridgehead atoms. The van der Waals surface area contributed by atoms with Gasteiger partial charge in [0.15, 0.2) is 7.05 Å². The van der Waals surface area contributed by atoms with Crippen molar-refractivity contribution in [1.82, 2.24) is 0 Å². The first-order valence-electron chi connectivity index (χ1n) is 8.24. The number of nitrogens with zero attached hydrogens (tertiary/aromatic N) is 2. The molecule has 1 aromatic carbocycles. The molecule has 0 amide bonds. The van der Waals surface area contributed by atoms with Crippen molar-refractivity contribution in [1.29, 1.82) is 0 Å². The van der Waals surface area contributed by atoms with Gasteiger partial charge in [-0.1, -0.05) is 0 Å². The molecule has 25 heavy (non-hydrogen) atoms. The first kappa shape index (κ1) is 21.4. The molecular weight excluding hydrogens is 333 g/mol. The summed E-state index contributed by atoms with van der Waals surface area (Å²) in [6, 6.07) is 5.19. The molecule has 0 saturated heterocycles. The summed E-state index contributed by atoms with van der Waals surface area (Å²) in [5, 5.41) is 0. The Morgan fingerprint density at radius 2 is 1.68 bits per heavy atom. The van der Waals surface area contributed by atoms with Crippen molar-refractivity contribution in [2.24, 2.45) is 0 Å². The van der Waals surface area contributed by atoms with Crippen molar-refractivity contribution in [2.45, 2.75) is 19.0 Å². The third-order valence-corrected chi connectivity index (χ3v) is 3.73. The first-order chi connectivity index (χ1) is 11.5. The van der Waals surface area contributed by atoms with Crippen LogP contribution in [0.25, 0.3) is 0 Å². The quantitative estimate of drug-likeness (QED) is 0.221. The van der Waals surface area contributed by atoms with Crippen molar-refractivity contribution in [3.63, 3.8) is 0 Å². The minimum atomic E-state index is -4.33. The zero-order chi connectivity index (χ0) is 19.1. The van der Waals surface area contributed by atoms with Gasteiger partial charge in [-0.15, -0.1) is 0 Å². The maximum Gasteiger partial charge on any atom is 0.416 e. The molecule has 0 fully saturated rings. The smallest absolute Gasteiger partial charge is 0.385 e. The topological polar surface area (TPSA) is 21.5 Å². The number of quaternary nitrogens is 1. The van der Waals surface area contributed by atoms with E-state index in [1.807, 2.05) is 0 Å². The summed E-state index contributed by atoms with van der Waals surface area (Å²) in [4.78, 5) is 5.78. The Kier molecular flexibility index (Phi) is 7.89. The lowest BCUT2D eigenvalue weighted by molar-refractivity contribution is -0.880. The van der Waals surface area contributed by atoms with Crippen LogP contribution in [0.5, 0.6) is 0 Å². The Morgan fingerprint density at radius 3 is 2.16 bits per heavy atom. The highest BCUT2D eigenvalue weighted by Crippen LogP contribution is 2.29. The molecule has 1 rings (SSSR count). The van der Waals surface area contributed by atoms with Gasteiger partial charge in [-0.25, -0.2) is 0 Å². The van der Waals surface area contributed by atoms with Gasteiger partial charge in [-0.05, 0) is 35.4 Å². The van der Waals surface area contributed by atoms with Gasteiger partial charge in [0.2, 0.25) is 12.3 Å². The fourth-order valence-electron chi connectivity index (χ4n) is 2.25. The van der Waals surface area contributed by atoms with E-state index in [9.17, 15) is 13.2 Å². The normalized spacial score (nSPS) is 13.6. The van der Waals surface area contributed by atoms with Gasteiger partial charge < -0.3 is 9.22 Å². The minimum Gasteiger partial charge on any atom is -0.385 e. The number of rotatable bonds is 9. The number of hydroxylamine groups is 1. The van der Waals surface area contributed by atoms with E-state index in [0.717, 1.165) is 40.9 Å². The second-order valence-corrected chi connectivity index (χ2v) is 6.96. The van der Waals surface area contributed by atoms with Crippen LogP contribution < -0.4 is 0 Å². The maximum absolute atomic E-state index is 12.7. The van der Waals surface area contributed by atoms with Gasteiger partial charge in [-0.2, -0.15) is 13.2 Å². The molecule has 4 nitrogen and oxygen atoms in total. The molecule has 7 heteroatoms. The molecule has 0 heterocycles. The van der Waals surface area contributed by atoms with Crippen molar-refractivity contribution in [3.05, 3.63) is 35.4 Å². The van der Waals surface area contributed by atoms with Crippen molar-refractivity contribution >= 4 is 5.71 Å². The van der Waals surface area contributed by atoms with Crippen LogP contribution in [0.2, 0.25) is 0 Å². The van der Waals surface area contributed by atoms with E-state index in [2.05, 4.69) is 21.1 Å². The van der Waals surface area contributed by atoms with E-state index in [1.165, 1.54) is 12.1 Å². The number of hydrogen-bond acceptors (Lipinski definition) is 2. The predicted molar refractivity (Wildman–Crippen MR) is 91.7 cm³/mol. The van der Waals surface area contributed by atoms with Gasteiger partial charge in [0.05, 0.1) is 26.7 Å². The predicted octanol–water partition coefficient (Wildman–Crippen LogP) is 3.20. The summed E-state index contributed by atoms with van der Waals surface area (Å²) in [5.41, 5.74) is 0.908. The van der Waals surface area contributed by atoms with Gasteiger partial charge in [0, 0.05) is 25.7 Å². The van der Waals surface area contributed by atoms with Crippen LogP contribution in [0.3, 0.4) is 0 Å². The van der Waals surface area contributed by atoms with Crippen LogP contribution in [-0.2, 0) is 15.8 Å². The first-order valence-corrected chi connectivity index (χ1v) is 8.24. The SMILES string of the molecule is COCCC/C(c1ccc(C(F)(F)F)cc1)=[N+](/C)OCC[N+](C)(C)C. The lowest BCUT2D eigenvalue weighted by Gasteiger charge is -2.22. The Labute approximate surface area is 148 Å². The molecule has 142 valence electrons. The van der Waals surface area contributed by atoms with Crippen LogP contribution in [0.15, 0.2) is 24.3 Å². The van der Waals surface area contributed by atoms with E-state index >= 15 is 0 Å². The molecule has 0 aliphatic rings. The highest BCUT2D eigenvalue weighted by atomic mass is 19.4. The number of benzene rings is 1. The number of halogens is 3. The standard InChI is InChI=1S/C18H29F3N2O2/c1-22(25-14-12-23(2,3)4)17(7-6-13-24-5)15-8-10-16(11-9-15)18(19,20)21/h8-11H,6-7,12-14H2,1-5H3/q+2/b22-17+. The third-order valence-electron chi connectivity index (χ3n) is 3.73. The average Bonchev–Trinajstić information content (AvgIpc) is 2.49. The van der Waals surface area contributed by atoms with Gasteiger partial charge in [-0.3, -0.25) is 4.84 Å². The number of likely N-dealkylation sites (N-methyl/N-ethyl adjacent to an activating group) is 1. The van der Waals surface area contributed by atoms with E-state index in [0.29, 0.717) is 19.6 Å². The lowest BCUT2D eigenvalue weighted by Crippen LogP contribution is -2.38. The van der Waals surface area contributed by atoms with E-state index < -0.39 is 11.7 Å². The van der Waals surface area contributed by atoms with E-state index in [1.54, 1.807) is 18.9 Å². The molecule has 0 aliphatic carbocycles. The van der Waals surface area contributed by atoms with Crippen molar-refractivity contribution in [3.8, 4) is 0 Å². The summed E-state index contributed by atoms with van der Waals surface area (Å²) in [5.74, 6) is 0. The largest absolute Gasteiger partial charge is 0.416 e. The Hall–Kier alpha value is -1.60. The van der Waals surface area contributed by atoms with Crippen LogP contribution in [0.1, 0.15) is 24.0 Å². The fourth-order valence-corrected chi connectivity index (χ4v) is 2.25. The molecule has 0 N–H and O–H groups in total. The van der Waals surface area contributed by atoms with Crippen molar-refractivity contribution in [2.75, 3.05) is 55.1 Å². The second kappa shape index (κ2) is 9.20. The molecule has 0 aromatic heterocycles. The zero-order valence-corrected chi connectivity index (χ0v) is 15.7.